The van der Waals surface area contributed by atoms with Crippen LogP contribution in [0.4, 0.5) is 4.79 Å². The molecular weight excluding hydrogens is 274 g/mol. The Kier molecular flexibility index (Phi) is 4.46. The van der Waals surface area contributed by atoms with Gasteiger partial charge in [-0.05, 0) is 33.6 Å². The molecule has 0 aromatic carbocycles. The molecule has 120 valence electrons. The fraction of sp³-hybridized carbons (Fsp3) is 0.867. The Balaban J connectivity index is 2.06. The molecule has 0 aliphatic carbocycles. The molecule has 0 N–H and O–H groups in total. The van der Waals surface area contributed by atoms with E-state index >= 15 is 0 Å². The summed E-state index contributed by atoms with van der Waals surface area (Å²) in [6.45, 7) is 7.34. The summed E-state index contributed by atoms with van der Waals surface area (Å²) in [7, 11) is 1.39. The van der Waals surface area contributed by atoms with Crippen molar-refractivity contribution in [3.63, 3.8) is 0 Å². The fourth-order valence-corrected chi connectivity index (χ4v) is 2.92. The molecule has 2 saturated heterocycles. The van der Waals surface area contributed by atoms with Crippen LogP contribution in [0.2, 0.25) is 0 Å². The van der Waals surface area contributed by atoms with Crippen molar-refractivity contribution in [3.05, 3.63) is 0 Å². The molecule has 2 aliphatic heterocycles. The smallest absolute Gasteiger partial charge is 0.410 e. The Labute approximate surface area is 125 Å². The molecule has 2 heterocycles. The highest BCUT2D eigenvalue weighted by Crippen LogP contribution is 2.44. The van der Waals surface area contributed by atoms with Crippen molar-refractivity contribution in [1.82, 2.24) is 4.90 Å². The van der Waals surface area contributed by atoms with Gasteiger partial charge in [0.25, 0.3) is 0 Å². The summed E-state index contributed by atoms with van der Waals surface area (Å²) < 4.78 is 15.7. The van der Waals surface area contributed by atoms with E-state index in [0.717, 1.165) is 12.8 Å². The number of hydrogen-bond acceptors (Lipinski definition) is 5. The van der Waals surface area contributed by atoms with Crippen LogP contribution in [0.25, 0.3) is 0 Å². The maximum absolute atomic E-state index is 12.2. The molecule has 0 aromatic heterocycles. The van der Waals surface area contributed by atoms with Gasteiger partial charge in [0.1, 0.15) is 5.60 Å². The Morgan fingerprint density at radius 1 is 1.38 bits per heavy atom. The minimum atomic E-state index is -0.518. The van der Waals surface area contributed by atoms with Gasteiger partial charge in [0.05, 0.1) is 26.2 Å². The zero-order chi connectivity index (χ0) is 15.7. The number of esters is 1. The first-order valence-electron chi connectivity index (χ1n) is 7.42. The lowest BCUT2D eigenvalue weighted by Gasteiger charge is -2.41. The molecule has 0 spiro atoms. The summed E-state index contributed by atoms with van der Waals surface area (Å²) >= 11 is 0. The Hall–Kier alpha value is -1.30. The zero-order valence-corrected chi connectivity index (χ0v) is 13.3. The van der Waals surface area contributed by atoms with E-state index in [1.165, 1.54) is 7.11 Å². The molecular formula is C15H25NO5. The number of piperidine rings is 1. The molecule has 6 heteroatoms. The number of carbonyl (C=O) groups is 2. The Bertz CT molecular complexity index is 413. The number of likely N-dealkylation sites (tertiary alicyclic amines) is 1. The number of amides is 1. The molecule has 2 aliphatic rings. The normalized spacial score (nSPS) is 29.0. The number of rotatable bonds is 3. The number of carbonyl (C=O) groups excluding carboxylic acids is 2. The van der Waals surface area contributed by atoms with Gasteiger partial charge in [-0.25, -0.2) is 4.79 Å². The predicted molar refractivity (Wildman–Crippen MR) is 75.8 cm³/mol. The van der Waals surface area contributed by atoms with Gasteiger partial charge >= 0.3 is 12.1 Å². The maximum atomic E-state index is 12.2. The quantitative estimate of drug-likeness (QED) is 0.588. The van der Waals surface area contributed by atoms with E-state index in [2.05, 4.69) is 0 Å². The van der Waals surface area contributed by atoms with Crippen molar-refractivity contribution in [2.24, 2.45) is 5.41 Å². The van der Waals surface area contributed by atoms with E-state index in [4.69, 9.17) is 14.2 Å². The Morgan fingerprint density at radius 3 is 2.57 bits per heavy atom. The van der Waals surface area contributed by atoms with Crippen LogP contribution in [0, 0.1) is 5.41 Å². The third-order valence-corrected chi connectivity index (χ3v) is 4.00. The molecule has 0 aromatic rings. The van der Waals surface area contributed by atoms with Gasteiger partial charge in [-0.2, -0.15) is 0 Å². The van der Waals surface area contributed by atoms with Crippen LogP contribution < -0.4 is 0 Å². The van der Waals surface area contributed by atoms with Gasteiger partial charge in [0.2, 0.25) is 0 Å². The highest BCUT2D eigenvalue weighted by atomic mass is 16.6. The van der Waals surface area contributed by atoms with Gasteiger partial charge in [0, 0.05) is 18.5 Å². The number of ether oxygens (including phenoxy) is 3. The van der Waals surface area contributed by atoms with E-state index in [1.54, 1.807) is 4.90 Å². The second kappa shape index (κ2) is 5.83. The lowest BCUT2D eigenvalue weighted by molar-refractivity contribution is -0.145. The third-order valence-electron chi connectivity index (χ3n) is 4.00. The Morgan fingerprint density at radius 2 is 2.05 bits per heavy atom. The van der Waals surface area contributed by atoms with Crippen molar-refractivity contribution in [2.75, 3.05) is 26.8 Å². The fourth-order valence-electron chi connectivity index (χ4n) is 2.92. The molecule has 6 nitrogen and oxygen atoms in total. The maximum Gasteiger partial charge on any atom is 0.410 e. The minimum Gasteiger partial charge on any atom is -0.469 e. The van der Waals surface area contributed by atoms with Crippen LogP contribution >= 0.6 is 0 Å². The molecule has 0 saturated carbocycles. The van der Waals surface area contributed by atoms with Gasteiger partial charge in [0.15, 0.2) is 0 Å². The van der Waals surface area contributed by atoms with Crippen LogP contribution in [-0.2, 0) is 19.0 Å². The van der Waals surface area contributed by atoms with E-state index in [9.17, 15) is 9.59 Å². The molecule has 2 atom stereocenters. The van der Waals surface area contributed by atoms with E-state index in [1.807, 2.05) is 20.8 Å². The van der Waals surface area contributed by atoms with E-state index in [-0.39, 0.29) is 30.0 Å². The standard InChI is InChI=1S/C15H25NO5/c1-14(2,3)21-13(18)16-7-5-6-15(10-16,11-9-20-11)8-12(17)19-4/h11H,5-10H2,1-4H3. The van der Waals surface area contributed by atoms with E-state index in [0.29, 0.717) is 19.7 Å². The second-order valence-electron chi connectivity index (χ2n) is 6.94. The molecule has 2 rings (SSSR count). The van der Waals surface area contributed by atoms with Crippen LogP contribution in [0.5, 0.6) is 0 Å². The average Bonchev–Trinajstić information content (AvgIpc) is 3.21. The van der Waals surface area contributed by atoms with Crippen LogP contribution in [0.1, 0.15) is 40.0 Å². The van der Waals surface area contributed by atoms with Gasteiger partial charge < -0.3 is 19.1 Å². The highest BCUT2D eigenvalue weighted by Gasteiger charge is 2.51. The summed E-state index contributed by atoms with van der Waals surface area (Å²) in [5.41, 5.74) is -0.849. The second-order valence-corrected chi connectivity index (χ2v) is 6.94. The summed E-state index contributed by atoms with van der Waals surface area (Å²) in [4.78, 5) is 25.7. The zero-order valence-electron chi connectivity index (χ0n) is 13.3. The average molecular weight is 299 g/mol. The predicted octanol–water partition coefficient (Wildman–Crippen LogP) is 1.97. The molecule has 0 radical (unpaired) electrons. The lowest BCUT2D eigenvalue weighted by atomic mass is 9.74. The van der Waals surface area contributed by atoms with Crippen LogP contribution in [0.3, 0.4) is 0 Å². The molecule has 21 heavy (non-hydrogen) atoms. The van der Waals surface area contributed by atoms with Gasteiger partial charge in [-0.3, -0.25) is 4.79 Å². The first kappa shape index (κ1) is 16.1. The van der Waals surface area contributed by atoms with Crippen molar-refractivity contribution < 1.29 is 23.8 Å². The van der Waals surface area contributed by atoms with E-state index < -0.39 is 5.60 Å². The van der Waals surface area contributed by atoms with Crippen molar-refractivity contribution in [1.29, 1.82) is 0 Å². The summed E-state index contributed by atoms with van der Waals surface area (Å²) in [6.07, 6.45) is 1.72. The molecule has 1 amide bonds. The topological polar surface area (TPSA) is 68.4 Å². The monoisotopic (exact) mass is 299 g/mol. The van der Waals surface area contributed by atoms with Crippen LogP contribution in [0.15, 0.2) is 0 Å². The largest absolute Gasteiger partial charge is 0.469 e. The first-order valence-corrected chi connectivity index (χ1v) is 7.42. The number of epoxide rings is 1. The van der Waals surface area contributed by atoms with Crippen molar-refractivity contribution >= 4 is 12.1 Å². The lowest BCUT2D eigenvalue weighted by Crippen LogP contribution is -2.51. The molecule has 0 bridgehead atoms. The number of nitrogens with zero attached hydrogens (tertiary/aromatic N) is 1. The van der Waals surface area contributed by atoms with Crippen molar-refractivity contribution in [3.8, 4) is 0 Å². The van der Waals surface area contributed by atoms with Gasteiger partial charge in [-0.1, -0.05) is 0 Å². The SMILES string of the molecule is COC(=O)CC1(C2CO2)CCCN(C(=O)OC(C)(C)C)C1. The molecule has 2 fully saturated rings. The summed E-state index contributed by atoms with van der Waals surface area (Å²) in [5.74, 6) is -0.253. The number of methoxy groups -OCH3 is 1. The summed E-state index contributed by atoms with van der Waals surface area (Å²) in [5, 5.41) is 0. The van der Waals surface area contributed by atoms with Crippen molar-refractivity contribution in [2.45, 2.75) is 51.7 Å². The summed E-state index contributed by atoms with van der Waals surface area (Å²) in [6, 6.07) is 0. The third kappa shape index (κ3) is 4.09. The molecule has 2 unspecified atom stereocenters. The minimum absolute atomic E-state index is 0.0434. The highest BCUT2D eigenvalue weighted by molar-refractivity contribution is 5.71. The van der Waals surface area contributed by atoms with Gasteiger partial charge in [-0.15, -0.1) is 0 Å². The van der Waals surface area contributed by atoms with Crippen LogP contribution in [-0.4, -0.2) is 55.5 Å². The first-order chi connectivity index (χ1) is 9.76. The number of hydrogen-bond donors (Lipinski definition) is 0.